The van der Waals surface area contributed by atoms with Gasteiger partial charge < -0.3 is 10.6 Å². The van der Waals surface area contributed by atoms with Gasteiger partial charge in [-0.25, -0.2) is 12.7 Å². The van der Waals surface area contributed by atoms with E-state index in [-0.39, 0.29) is 0 Å². The first kappa shape index (κ1) is 19.4. The van der Waals surface area contributed by atoms with Crippen molar-refractivity contribution in [1.82, 2.24) is 19.9 Å². The van der Waals surface area contributed by atoms with Crippen LogP contribution in [0.2, 0.25) is 0 Å². The molecule has 25 heavy (non-hydrogen) atoms. The predicted octanol–water partition coefficient (Wildman–Crippen LogP) is 1.30. The molecule has 0 bridgehead atoms. The Balaban J connectivity index is 1.84. The minimum atomic E-state index is -3.37. The van der Waals surface area contributed by atoms with E-state index in [1.54, 1.807) is 19.3 Å². The van der Waals surface area contributed by atoms with Crippen molar-refractivity contribution in [1.29, 1.82) is 0 Å². The predicted molar refractivity (Wildman–Crippen MR) is 101 cm³/mol. The SMILES string of the molecule is CN=C(NCCc1ccccn1)NCc1ccc(S(=O)(=O)N(C)C)s1. The molecule has 0 saturated carbocycles. The molecule has 0 saturated heterocycles. The van der Waals surface area contributed by atoms with Crippen LogP contribution in [0.4, 0.5) is 0 Å². The maximum Gasteiger partial charge on any atom is 0.252 e. The largest absolute Gasteiger partial charge is 0.356 e. The average molecular weight is 382 g/mol. The van der Waals surface area contributed by atoms with E-state index in [2.05, 4.69) is 20.6 Å². The van der Waals surface area contributed by atoms with Gasteiger partial charge in [-0.3, -0.25) is 9.98 Å². The molecule has 2 heterocycles. The van der Waals surface area contributed by atoms with Gasteiger partial charge in [0.05, 0.1) is 6.54 Å². The number of aliphatic imine (C=N–C) groups is 1. The Hall–Kier alpha value is -1.97. The van der Waals surface area contributed by atoms with E-state index in [1.807, 2.05) is 24.3 Å². The molecule has 0 spiro atoms. The van der Waals surface area contributed by atoms with Crippen LogP contribution in [0.1, 0.15) is 10.6 Å². The molecule has 136 valence electrons. The van der Waals surface area contributed by atoms with E-state index in [4.69, 9.17) is 0 Å². The van der Waals surface area contributed by atoms with E-state index >= 15 is 0 Å². The van der Waals surface area contributed by atoms with Gasteiger partial charge in [-0.15, -0.1) is 11.3 Å². The molecule has 0 aromatic carbocycles. The van der Waals surface area contributed by atoms with Gasteiger partial charge in [0.2, 0.25) is 0 Å². The van der Waals surface area contributed by atoms with Crippen molar-refractivity contribution in [2.75, 3.05) is 27.7 Å². The molecule has 7 nitrogen and oxygen atoms in total. The molecule has 0 atom stereocenters. The minimum Gasteiger partial charge on any atom is -0.356 e. The van der Waals surface area contributed by atoms with Crippen LogP contribution >= 0.6 is 11.3 Å². The van der Waals surface area contributed by atoms with Gasteiger partial charge >= 0.3 is 0 Å². The van der Waals surface area contributed by atoms with Crippen LogP contribution in [-0.4, -0.2) is 51.4 Å². The first-order valence-corrected chi connectivity index (χ1v) is 10.0. The molecule has 0 fully saturated rings. The van der Waals surface area contributed by atoms with E-state index in [9.17, 15) is 8.42 Å². The van der Waals surface area contributed by atoms with Gasteiger partial charge in [0.1, 0.15) is 4.21 Å². The molecule has 2 aromatic rings. The smallest absolute Gasteiger partial charge is 0.252 e. The van der Waals surface area contributed by atoms with Gasteiger partial charge in [-0.1, -0.05) is 6.07 Å². The number of nitrogens with one attached hydrogen (secondary N) is 2. The van der Waals surface area contributed by atoms with Crippen LogP contribution in [0.25, 0.3) is 0 Å². The molecular weight excluding hydrogens is 358 g/mol. The summed E-state index contributed by atoms with van der Waals surface area (Å²) in [6.07, 6.45) is 2.57. The Morgan fingerprint density at radius 2 is 2.04 bits per heavy atom. The molecule has 9 heteroatoms. The summed E-state index contributed by atoms with van der Waals surface area (Å²) in [5.74, 6) is 0.668. The topological polar surface area (TPSA) is 86.7 Å². The Morgan fingerprint density at radius 1 is 1.24 bits per heavy atom. The molecule has 2 rings (SSSR count). The molecular formula is C16H23N5O2S2. The lowest BCUT2D eigenvalue weighted by molar-refractivity contribution is 0.523. The molecule has 0 aliphatic heterocycles. The Morgan fingerprint density at radius 3 is 2.68 bits per heavy atom. The number of nitrogens with zero attached hydrogens (tertiary/aromatic N) is 3. The number of aromatic nitrogens is 1. The number of pyridine rings is 1. The van der Waals surface area contributed by atoms with Crippen molar-refractivity contribution in [2.45, 2.75) is 17.2 Å². The third-order valence-corrected chi connectivity index (χ3v) is 6.79. The fraction of sp³-hybridized carbons (Fsp3) is 0.375. The molecule has 2 aromatic heterocycles. The van der Waals surface area contributed by atoms with Crippen LogP contribution < -0.4 is 10.6 Å². The number of sulfonamides is 1. The second-order valence-electron chi connectivity index (χ2n) is 5.43. The normalized spacial score (nSPS) is 12.4. The van der Waals surface area contributed by atoms with E-state index in [0.717, 1.165) is 17.0 Å². The Labute approximate surface area is 152 Å². The summed E-state index contributed by atoms with van der Waals surface area (Å²) in [6.45, 7) is 1.22. The van der Waals surface area contributed by atoms with Crippen molar-refractivity contribution in [3.8, 4) is 0 Å². The number of hydrogen-bond acceptors (Lipinski definition) is 5. The highest BCUT2D eigenvalue weighted by molar-refractivity contribution is 7.91. The average Bonchev–Trinajstić information content (AvgIpc) is 3.08. The zero-order chi connectivity index (χ0) is 18.3. The lowest BCUT2D eigenvalue weighted by Crippen LogP contribution is -2.37. The molecule has 0 aliphatic rings. The highest BCUT2D eigenvalue weighted by Crippen LogP contribution is 2.23. The second-order valence-corrected chi connectivity index (χ2v) is 8.98. The molecule has 0 unspecified atom stereocenters. The summed E-state index contributed by atoms with van der Waals surface area (Å²) in [5.41, 5.74) is 1.02. The van der Waals surface area contributed by atoms with E-state index in [0.29, 0.717) is 23.3 Å². The number of guanidine groups is 1. The quantitative estimate of drug-likeness (QED) is 0.558. The van der Waals surface area contributed by atoms with Crippen molar-refractivity contribution in [2.24, 2.45) is 4.99 Å². The minimum absolute atomic E-state index is 0.340. The van der Waals surface area contributed by atoms with Gasteiger partial charge in [0.15, 0.2) is 5.96 Å². The van der Waals surface area contributed by atoms with Gasteiger partial charge in [0, 0.05) is 50.9 Å². The first-order valence-electron chi connectivity index (χ1n) is 7.79. The van der Waals surface area contributed by atoms with Crippen molar-refractivity contribution in [3.05, 3.63) is 47.1 Å². The van der Waals surface area contributed by atoms with Gasteiger partial charge in [0.25, 0.3) is 10.0 Å². The van der Waals surface area contributed by atoms with E-state index in [1.165, 1.54) is 29.7 Å². The molecule has 2 N–H and O–H groups in total. The fourth-order valence-electron chi connectivity index (χ4n) is 2.02. The summed E-state index contributed by atoms with van der Waals surface area (Å²) < 4.78 is 25.7. The summed E-state index contributed by atoms with van der Waals surface area (Å²) in [5, 5.41) is 6.41. The number of thiophene rings is 1. The lowest BCUT2D eigenvalue weighted by Gasteiger charge is -2.11. The highest BCUT2D eigenvalue weighted by Gasteiger charge is 2.19. The van der Waals surface area contributed by atoms with Crippen LogP contribution in [0, 0.1) is 0 Å². The standard InChI is InChI=1S/C16H23N5O2S2/c1-17-16(19-11-9-13-6-4-5-10-18-13)20-12-14-7-8-15(24-14)25(22,23)21(2)3/h4-8,10H,9,11-12H2,1-3H3,(H2,17,19,20). The van der Waals surface area contributed by atoms with Gasteiger partial charge in [-0.2, -0.15) is 0 Å². The monoisotopic (exact) mass is 381 g/mol. The third kappa shape index (κ3) is 5.52. The lowest BCUT2D eigenvalue weighted by atomic mass is 10.3. The number of rotatable bonds is 7. The summed E-state index contributed by atoms with van der Waals surface area (Å²) >= 11 is 1.26. The Bertz CT molecular complexity index is 801. The Kier molecular flexibility index (Phi) is 6.91. The zero-order valence-electron chi connectivity index (χ0n) is 14.6. The van der Waals surface area contributed by atoms with Crippen molar-refractivity contribution >= 4 is 27.3 Å². The maximum atomic E-state index is 12.1. The first-order chi connectivity index (χ1) is 11.9. The summed E-state index contributed by atoms with van der Waals surface area (Å²) in [6, 6.07) is 9.29. The van der Waals surface area contributed by atoms with Gasteiger partial charge in [-0.05, 0) is 24.3 Å². The summed E-state index contributed by atoms with van der Waals surface area (Å²) in [7, 11) is 1.38. The van der Waals surface area contributed by atoms with Crippen LogP contribution in [0.5, 0.6) is 0 Å². The molecule has 0 aliphatic carbocycles. The highest BCUT2D eigenvalue weighted by atomic mass is 32.2. The zero-order valence-corrected chi connectivity index (χ0v) is 16.2. The molecule has 0 amide bonds. The third-order valence-electron chi connectivity index (χ3n) is 3.43. The second kappa shape index (κ2) is 8.93. The van der Waals surface area contributed by atoms with Crippen molar-refractivity contribution < 1.29 is 8.42 Å². The van der Waals surface area contributed by atoms with E-state index < -0.39 is 10.0 Å². The maximum absolute atomic E-state index is 12.1. The molecule has 0 radical (unpaired) electrons. The number of hydrogen-bond donors (Lipinski definition) is 2. The van der Waals surface area contributed by atoms with Crippen molar-refractivity contribution in [3.63, 3.8) is 0 Å². The van der Waals surface area contributed by atoms with Crippen LogP contribution in [-0.2, 0) is 23.0 Å². The summed E-state index contributed by atoms with van der Waals surface area (Å²) in [4.78, 5) is 9.37. The van der Waals surface area contributed by atoms with Crippen LogP contribution in [0.3, 0.4) is 0 Å². The van der Waals surface area contributed by atoms with Crippen LogP contribution in [0.15, 0.2) is 45.7 Å². The fourth-order valence-corrected chi connectivity index (χ4v) is 4.48.